The fraction of sp³-hybridized carbons (Fsp3) is 0.467. The molecule has 6 nitrogen and oxygen atoms in total. The maximum atomic E-state index is 12.2. The van der Waals surface area contributed by atoms with Gasteiger partial charge in [-0.2, -0.15) is 0 Å². The van der Waals surface area contributed by atoms with E-state index in [0.717, 1.165) is 0 Å². The molecule has 6 heteroatoms. The molecule has 0 aromatic heterocycles. The molecule has 0 heterocycles. The Bertz CT molecular complexity index is 462. The summed E-state index contributed by atoms with van der Waals surface area (Å²) < 4.78 is 0. The predicted octanol–water partition coefficient (Wildman–Crippen LogP) is 0.919. The van der Waals surface area contributed by atoms with Gasteiger partial charge in [-0.15, -0.1) is 0 Å². The number of carbonyl (C=O) groups is 2. The fourth-order valence-corrected chi connectivity index (χ4v) is 2.04. The number of nitrogens with two attached hydrogens (primary N) is 1. The number of amides is 3. The third-order valence-electron chi connectivity index (χ3n) is 2.94. The summed E-state index contributed by atoms with van der Waals surface area (Å²) in [5.41, 5.74) is 5.74. The Morgan fingerprint density at radius 3 is 2.38 bits per heavy atom. The van der Waals surface area contributed by atoms with Crippen molar-refractivity contribution in [2.75, 3.05) is 6.54 Å². The lowest BCUT2D eigenvalue weighted by atomic mass is 10.0. The third-order valence-corrected chi connectivity index (χ3v) is 2.94. The first-order valence-corrected chi connectivity index (χ1v) is 6.96. The highest BCUT2D eigenvalue weighted by atomic mass is 16.3. The summed E-state index contributed by atoms with van der Waals surface area (Å²) in [6.45, 7) is 4.12. The molecule has 21 heavy (non-hydrogen) atoms. The topological polar surface area (TPSA) is 104 Å². The van der Waals surface area contributed by atoms with Gasteiger partial charge < -0.3 is 21.5 Å². The molecular weight excluding hydrogens is 270 g/mol. The van der Waals surface area contributed by atoms with Crippen molar-refractivity contribution in [3.8, 4) is 0 Å². The number of aliphatic hydroxyl groups excluding tert-OH is 1. The summed E-state index contributed by atoms with van der Waals surface area (Å²) in [7, 11) is 0. The van der Waals surface area contributed by atoms with Crippen molar-refractivity contribution in [3.05, 3.63) is 35.9 Å². The van der Waals surface area contributed by atoms with E-state index in [1.165, 1.54) is 0 Å². The first-order chi connectivity index (χ1) is 9.90. The highest BCUT2D eigenvalue weighted by molar-refractivity contribution is 5.87. The number of hydrogen-bond donors (Lipinski definition) is 4. The molecule has 0 aliphatic rings. The maximum absolute atomic E-state index is 12.2. The van der Waals surface area contributed by atoms with E-state index >= 15 is 0 Å². The van der Waals surface area contributed by atoms with Crippen LogP contribution >= 0.6 is 0 Å². The fourth-order valence-electron chi connectivity index (χ4n) is 2.04. The first kappa shape index (κ1) is 17.0. The second-order valence-corrected chi connectivity index (χ2v) is 5.38. The van der Waals surface area contributed by atoms with E-state index < -0.39 is 24.1 Å². The van der Waals surface area contributed by atoms with Crippen LogP contribution in [-0.4, -0.2) is 29.7 Å². The van der Waals surface area contributed by atoms with Gasteiger partial charge in [0.2, 0.25) is 5.91 Å². The van der Waals surface area contributed by atoms with Gasteiger partial charge in [-0.25, -0.2) is 4.79 Å². The minimum absolute atomic E-state index is 0.140. The molecule has 116 valence electrons. The second-order valence-electron chi connectivity index (χ2n) is 5.38. The Morgan fingerprint density at radius 2 is 1.86 bits per heavy atom. The number of nitrogens with one attached hydrogen (secondary N) is 2. The molecule has 0 aliphatic carbocycles. The Hall–Kier alpha value is -2.08. The minimum Gasteiger partial charge on any atom is -0.391 e. The SMILES string of the molecule is CC(C)CC(O)CNC(=O)C(NC(N)=O)c1ccccc1. The number of rotatable bonds is 7. The number of urea groups is 1. The lowest BCUT2D eigenvalue weighted by Gasteiger charge is -2.19. The molecule has 5 N–H and O–H groups in total. The van der Waals surface area contributed by atoms with Crippen LogP contribution in [0.2, 0.25) is 0 Å². The predicted molar refractivity (Wildman–Crippen MR) is 80.4 cm³/mol. The summed E-state index contributed by atoms with van der Waals surface area (Å²) in [6.07, 6.45) is -0.0153. The molecule has 1 aromatic carbocycles. The molecule has 2 atom stereocenters. The van der Waals surface area contributed by atoms with E-state index in [1.54, 1.807) is 24.3 Å². The van der Waals surface area contributed by atoms with Crippen molar-refractivity contribution in [3.63, 3.8) is 0 Å². The number of aliphatic hydroxyl groups is 1. The van der Waals surface area contributed by atoms with Crippen molar-refractivity contribution in [1.29, 1.82) is 0 Å². The summed E-state index contributed by atoms with van der Waals surface area (Å²) in [6, 6.07) is 7.17. The van der Waals surface area contributed by atoms with Crippen LogP contribution in [0.4, 0.5) is 4.79 Å². The van der Waals surface area contributed by atoms with Gasteiger partial charge in [0.05, 0.1) is 6.10 Å². The summed E-state index contributed by atoms with van der Waals surface area (Å²) >= 11 is 0. The molecule has 0 saturated heterocycles. The van der Waals surface area contributed by atoms with Crippen molar-refractivity contribution in [2.24, 2.45) is 11.7 Å². The molecule has 1 aromatic rings. The standard InChI is InChI=1S/C15H23N3O3/c1-10(2)8-12(19)9-17-14(20)13(18-15(16)21)11-6-4-3-5-7-11/h3-7,10,12-13,19H,8-9H2,1-2H3,(H,17,20)(H3,16,18,21). The van der Waals surface area contributed by atoms with Crippen LogP contribution in [0.25, 0.3) is 0 Å². The van der Waals surface area contributed by atoms with Crippen LogP contribution < -0.4 is 16.4 Å². The molecule has 1 rings (SSSR count). The monoisotopic (exact) mass is 293 g/mol. The molecule has 0 saturated carbocycles. The van der Waals surface area contributed by atoms with Gasteiger partial charge in [0, 0.05) is 6.54 Å². The summed E-state index contributed by atoms with van der Waals surface area (Å²) in [4.78, 5) is 23.2. The summed E-state index contributed by atoms with van der Waals surface area (Å²) in [5.74, 6) is -0.0617. The molecule has 0 fully saturated rings. The van der Waals surface area contributed by atoms with Crippen LogP contribution in [0.3, 0.4) is 0 Å². The quantitative estimate of drug-likeness (QED) is 0.601. The van der Waals surface area contributed by atoms with Gasteiger partial charge in [-0.1, -0.05) is 44.2 Å². The second kappa shape index (κ2) is 8.26. The Kier molecular flexibility index (Phi) is 6.68. The van der Waals surface area contributed by atoms with Crippen molar-refractivity contribution >= 4 is 11.9 Å². The smallest absolute Gasteiger partial charge is 0.313 e. The third kappa shape index (κ3) is 6.27. The minimum atomic E-state index is -0.866. The van der Waals surface area contributed by atoms with Crippen molar-refractivity contribution < 1.29 is 14.7 Å². The van der Waals surface area contributed by atoms with E-state index in [9.17, 15) is 14.7 Å². The van der Waals surface area contributed by atoms with Gasteiger partial charge in [-0.3, -0.25) is 4.79 Å². The largest absolute Gasteiger partial charge is 0.391 e. The zero-order valence-corrected chi connectivity index (χ0v) is 12.4. The van der Waals surface area contributed by atoms with Gasteiger partial charge in [-0.05, 0) is 17.9 Å². The molecule has 0 radical (unpaired) electrons. The molecule has 3 amide bonds. The van der Waals surface area contributed by atoms with Crippen LogP contribution in [0.5, 0.6) is 0 Å². The Morgan fingerprint density at radius 1 is 1.24 bits per heavy atom. The van der Waals surface area contributed by atoms with Crippen LogP contribution in [-0.2, 0) is 4.79 Å². The van der Waals surface area contributed by atoms with E-state index in [-0.39, 0.29) is 6.54 Å². The number of hydrogen-bond acceptors (Lipinski definition) is 3. The lowest BCUT2D eigenvalue weighted by Crippen LogP contribution is -2.44. The highest BCUT2D eigenvalue weighted by Crippen LogP contribution is 2.12. The van der Waals surface area contributed by atoms with Crippen LogP contribution in [0.15, 0.2) is 30.3 Å². The summed E-state index contributed by atoms with van der Waals surface area (Å²) in [5, 5.41) is 14.8. The first-order valence-electron chi connectivity index (χ1n) is 6.96. The zero-order valence-electron chi connectivity index (χ0n) is 12.4. The molecule has 0 spiro atoms. The molecular formula is C15H23N3O3. The van der Waals surface area contributed by atoms with E-state index in [1.807, 2.05) is 19.9 Å². The van der Waals surface area contributed by atoms with Gasteiger partial charge >= 0.3 is 6.03 Å². The number of carbonyl (C=O) groups excluding carboxylic acids is 2. The van der Waals surface area contributed by atoms with E-state index in [2.05, 4.69) is 10.6 Å². The van der Waals surface area contributed by atoms with Gasteiger partial charge in [0.25, 0.3) is 0 Å². The molecule has 0 bridgehead atoms. The average molecular weight is 293 g/mol. The van der Waals surface area contributed by atoms with Crippen LogP contribution in [0, 0.1) is 5.92 Å². The number of benzene rings is 1. The van der Waals surface area contributed by atoms with Crippen molar-refractivity contribution in [1.82, 2.24) is 10.6 Å². The van der Waals surface area contributed by atoms with Crippen molar-refractivity contribution in [2.45, 2.75) is 32.4 Å². The van der Waals surface area contributed by atoms with Gasteiger partial charge in [0.15, 0.2) is 0 Å². The highest BCUT2D eigenvalue weighted by Gasteiger charge is 2.22. The Balaban J connectivity index is 2.66. The molecule has 2 unspecified atom stereocenters. The molecule has 0 aliphatic heterocycles. The Labute approximate surface area is 124 Å². The van der Waals surface area contributed by atoms with E-state index in [4.69, 9.17) is 5.73 Å². The number of primary amides is 1. The normalized spacial score (nSPS) is 13.5. The van der Waals surface area contributed by atoms with Crippen LogP contribution in [0.1, 0.15) is 31.9 Å². The average Bonchev–Trinajstić information content (AvgIpc) is 2.42. The zero-order chi connectivity index (χ0) is 15.8. The van der Waals surface area contributed by atoms with Gasteiger partial charge in [0.1, 0.15) is 6.04 Å². The lowest BCUT2D eigenvalue weighted by molar-refractivity contribution is -0.123. The van der Waals surface area contributed by atoms with E-state index in [0.29, 0.717) is 17.9 Å². The maximum Gasteiger partial charge on any atom is 0.313 e.